The lowest BCUT2D eigenvalue weighted by Crippen LogP contribution is -2.34. The second-order valence-corrected chi connectivity index (χ2v) is 7.86. The number of H-pyrrole nitrogens is 1. The first-order chi connectivity index (χ1) is 13.9. The Morgan fingerprint density at radius 2 is 2.07 bits per heavy atom. The van der Waals surface area contributed by atoms with Crippen LogP contribution in [0, 0.1) is 0 Å². The first kappa shape index (κ1) is 20.7. The molecular weight excluding hydrogens is 418 g/mol. The van der Waals surface area contributed by atoms with E-state index in [4.69, 9.17) is 4.74 Å². The van der Waals surface area contributed by atoms with E-state index in [-0.39, 0.29) is 34.5 Å². The second-order valence-electron chi connectivity index (χ2n) is 5.66. The van der Waals surface area contributed by atoms with Crippen molar-refractivity contribution >= 4 is 51.0 Å². The molecule has 0 bridgehead atoms. The van der Waals surface area contributed by atoms with Gasteiger partial charge in [0.25, 0.3) is 11.5 Å². The number of ether oxygens (including phenoxy) is 1. The number of carbonyl (C=O) groups excluding carboxylic acids is 2. The van der Waals surface area contributed by atoms with Gasteiger partial charge in [0.1, 0.15) is 0 Å². The number of benzene rings is 1. The van der Waals surface area contributed by atoms with Crippen molar-refractivity contribution in [2.24, 2.45) is 0 Å². The minimum absolute atomic E-state index is 0.101. The number of nitrogens with one attached hydrogen (secondary N) is 2. The van der Waals surface area contributed by atoms with Crippen LogP contribution < -0.4 is 16.6 Å². The maximum Gasteiger partial charge on any atom is 0.328 e. The highest BCUT2D eigenvalue weighted by atomic mass is 32.2. The predicted octanol–water partition coefficient (Wildman–Crippen LogP) is 1.47. The number of carbonyl (C=O) groups is 2. The monoisotopic (exact) mass is 435 g/mol. The van der Waals surface area contributed by atoms with Gasteiger partial charge in [0.15, 0.2) is 4.34 Å². The summed E-state index contributed by atoms with van der Waals surface area (Å²) in [5.41, 5.74) is -0.418. The van der Waals surface area contributed by atoms with Gasteiger partial charge in [-0.25, -0.2) is 4.79 Å². The SMILES string of the molecule is CCOC(=O)CSc1nnc(NC(=O)c2ccc3c(=O)n(CC)c(=O)[nH]c3c2)s1. The van der Waals surface area contributed by atoms with E-state index in [0.717, 1.165) is 27.7 Å². The molecule has 2 heterocycles. The molecule has 3 rings (SSSR count). The molecule has 1 amide bonds. The fourth-order valence-corrected chi connectivity index (χ4v) is 4.04. The highest BCUT2D eigenvalue weighted by Gasteiger charge is 2.14. The number of nitrogens with zero attached hydrogens (tertiary/aromatic N) is 3. The van der Waals surface area contributed by atoms with Crippen LogP contribution in [0.25, 0.3) is 10.9 Å². The fraction of sp³-hybridized carbons (Fsp3) is 0.294. The van der Waals surface area contributed by atoms with Crippen molar-refractivity contribution in [2.75, 3.05) is 17.7 Å². The summed E-state index contributed by atoms with van der Waals surface area (Å²) in [5.74, 6) is -0.722. The third kappa shape index (κ3) is 4.71. The van der Waals surface area contributed by atoms with E-state index in [1.54, 1.807) is 13.8 Å². The summed E-state index contributed by atoms with van der Waals surface area (Å²) >= 11 is 2.28. The Kier molecular flexibility index (Phi) is 6.44. The van der Waals surface area contributed by atoms with Gasteiger partial charge in [-0.3, -0.25) is 24.3 Å². The largest absolute Gasteiger partial charge is 0.465 e. The summed E-state index contributed by atoms with van der Waals surface area (Å²) < 4.78 is 6.43. The normalized spacial score (nSPS) is 10.8. The topological polar surface area (TPSA) is 136 Å². The Bertz CT molecular complexity index is 1180. The van der Waals surface area contributed by atoms with Crippen LogP contribution in [0.3, 0.4) is 0 Å². The molecule has 0 saturated heterocycles. The molecule has 2 N–H and O–H groups in total. The Hall–Kier alpha value is -2.99. The van der Waals surface area contributed by atoms with E-state index < -0.39 is 17.2 Å². The molecule has 0 aliphatic rings. The van der Waals surface area contributed by atoms with Crippen LogP contribution in [-0.4, -0.2) is 44.0 Å². The molecule has 0 spiro atoms. The number of fused-ring (bicyclic) bond motifs is 1. The molecule has 29 heavy (non-hydrogen) atoms. The lowest BCUT2D eigenvalue weighted by molar-refractivity contribution is -0.139. The molecule has 0 atom stereocenters. The smallest absolute Gasteiger partial charge is 0.328 e. The molecule has 0 fully saturated rings. The summed E-state index contributed by atoms with van der Waals surface area (Å²) in [4.78, 5) is 50.7. The van der Waals surface area contributed by atoms with Crippen molar-refractivity contribution in [1.82, 2.24) is 19.7 Å². The number of anilines is 1. The van der Waals surface area contributed by atoms with Gasteiger partial charge in [-0.2, -0.15) is 0 Å². The van der Waals surface area contributed by atoms with Crippen LogP contribution in [-0.2, 0) is 16.1 Å². The minimum atomic E-state index is -0.532. The van der Waals surface area contributed by atoms with E-state index in [1.165, 1.54) is 18.2 Å². The molecule has 1 aromatic carbocycles. The molecular formula is C17H17N5O5S2. The number of amides is 1. The fourth-order valence-electron chi connectivity index (χ4n) is 2.49. The molecule has 0 aliphatic carbocycles. The van der Waals surface area contributed by atoms with Gasteiger partial charge in [0, 0.05) is 12.1 Å². The standard InChI is InChI=1S/C17H17N5O5S2/c1-3-22-14(25)10-6-5-9(7-11(10)18-16(22)26)13(24)19-15-20-21-17(29-15)28-8-12(23)27-4-2/h5-7H,3-4,8H2,1-2H3,(H,18,26)(H,19,20,24). The summed E-state index contributed by atoms with van der Waals surface area (Å²) in [6.07, 6.45) is 0. The predicted molar refractivity (Wildman–Crippen MR) is 110 cm³/mol. The van der Waals surface area contributed by atoms with Crippen molar-refractivity contribution in [1.29, 1.82) is 0 Å². The second kappa shape index (κ2) is 9.01. The quantitative estimate of drug-likeness (QED) is 0.323. The summed E-state index contributed by atoms with van der Waals surface area (Å²) in [6, 6.07) is 4.43. The first-order valence-electron chi connectivity index (χ1n) is 8.63. The van der Waals surface area contributed by atoms with Gasteiger partial charge in [-0.1, -0.05) is 23.1 Å². The minimum Gasteiger partial charge on any atom is -0.465 e. The Morgan fingerprint density at radius 3 is 2.79 bits per heavy atom. The number of rotatable bonds is 7. The Balaban J connectivity index is 1.74. The summed E-state index contributed by atoms with van der Waals surface area (Å²) in [7, 11) is 0. The molecule has 3 aromatic rings. The van der Waals surface area contributed by atoms with Crippen molar-refractivity contribution in [3.63, 3.8) is 0 Å². The average molecular weight is 435 g/mol. The molecule has 0 unspecified atom stereocenters. The lowest BCUT2D eigenvalue weighted by atomic mass is 10.1. The molecule has 2 aromatic heterocycles. The van der Waals surface area contributed by atoms with Crippen molar-refractivity contribution in [3.8, 4) is 0 Å². The molecule has 0 aliphatic heterocycles. The van der Waals surface area contributed by atoms with Gasteiger partial charge in [0.05, 0.1) is 23.3 Å². The highest BCUT2D eigenvalue weighted by molar-refractivity contribution is 8.01. The first-order valence-corrected chi connectivity index (χ1v) is 10.4. The summed E-state index contributed by atoms with van der Waals surface area (Å²) in [6.45, 7) is 3.98. The van der Waals surface area contributed by atoms with Gasteiger partial charge in [-0.05, 0) is 32.0 Å². The van der Waals surface area contributed by atoms with Crippen LogP contribution in [0.2, 0.25) is 0 Å². The van der Waals surface area contributed by atoms with Crippen LogP contribution in [0.4, 0.5) is 5.13 Å². The van der Waals surface area contributed by atoms with Crippen molar-refractivity contribution in [3.05, 3.63) is 44.6 Å². The van der Waals surface area contributed by atoms with E-state index in [0.29, 0.717) is 16.3 Å². The molecule has 0 radical (unpaired) electrons. The van der Waals surface area contributed by atoms with Crippen LogP contribution in [0.5, 0.6) is 0 Å². The molecule has 152 valence electrons. The number of esters is 1. The summed E-state index contributed by atoms with van der Waals surface area (Å²) in [5, 5.41) is 11.0. The molecule has 12 heteroatoms. The van der Waals surface area contributed by atoms with Gasteiger partial charge < -0.3 is 9.72 Å². The number of aromatic amines is 1. The van der Waals surface area contributed by atoms with E-state index in [2.05, 4.69) is 20.5 Å². The molecule has 0 saturated carbocycles. The van der Waals surface area contributed by atoms with Crippen LogP contribution in [0.1, 0.15) is 24.2 Å². The zero-order valence-electron chi connectivity index (χ0n) is 15.6. The van der Waals surface area contributed by atoms with Crippen LogP contribution >= 0.6 is 23.1 Å². The maximum atomic E-state index is 12.5. The van der Waals surface area contributed by atoms with Crippen molar-refractivity contribution in [2.45, 2.75) is 24.7 Å². The Labute approximate surface area is 172 Å². The number of thioether (sulfide) groups is 1. The maximum absolute atomic E-state index is 12.5. The van der Waals surface area contributed by atoms with E-state index in [9.17, 15) is 19.2 Å². The zero-order valence-corrected chi connectivity index (χ0v) is 17.2. The van der Waals surface area contributed by atoms with E-state index in [1.807, 2.05) is 0 Å². The third-order valence-electron chi connectivity index (χ3n) is 3.81. The number of hydrogen-bond donors (Lipinski definition) is 2. The van der Waals surface area contributed by atoms with Gasteiger partial charge >= 0.3 is 11.7 Å². The van der Waals surface area contributed by atoms with Crippen molar-refractivity contribution < 1.29 is 14.3 Å². The van der Waals surface area contributed by atoms with E-state index >= 15 is 0 Å². The highest BCUT2D eigenvalue weighted by Crippen LogP contribution is 2.26. The number of hydrogen-bond acceptors (Lipinski definition) is 9. The van der Waals surface area contributed by atoms with Gasteiger partial charge in [-0.15, -0.1) is 10.2 Å². The number of aromatic nitrogens is 4. The van der Waals surface area contributed by atoms with Crippen LogP contribution in [0.15, 0.2) is 32.1 Å². The Morgan fingerprint density at radius 1 is 1.28 bits per heavy atom. The lowest BCUT2D eigenvalue weighted by Gasteiger charge is -2.05. The third-order valence-corrected chi connectivity index (χ3v) is 5.75. The average Bonchev–Trinajstić information content (AvgIpc) is 3.14. The van der Waals surface area contributed by atoms with Gasteiger partial charge in [0.2, 0.25) is 5.13 Å². The zero-order chi connectivity index (χ0) is 21.0. The molecule has 10 nitrogen and oxygen atoms in total.